The Morgan fingerprint density at radius 3 is 2.67 bits per heavy atom. The van der Waals surface area contributed by atoms with Gasteiger partial charge in [-0.3, -0.25) is 4.79 Å². The van der Waals surface area contributed by atoms with Gasteiger partial charge in [0.15, 0.2) is 0 Å². The number of hydrogen-bond acceptors (Lipinski definition) is 2. The summed E-state index contributed by atoms with van der Waals surface area (Å²) >= 11 is 3.54. The average molecular weight is 348 g/mol. The number of ether oxygens (including phenoxy) is 1. The molecule has 1 aromatic carbocycles. The fourth-order valence-corrected chi connectivity index (χ4v) is 4.40. The monoisotopic (exact) mass is 347 g/mol. The molecule has 3 nitrogen and oxygen atoms in total. The zero-order chi connectivity index (χ0) is 14.2. The van der Waals surface area contributed by atoms with Crippen LogP contribution < -0.4 is 10.1 Å². The van der Waals surface area contributed by atoms with Crippen LogP contribution in [0.2, 0.25) is 0 Å². The molecule has 3 saturated carbocycles. The van der Waals surface area contributed by atoms with Crippen LogP contribution in [0.15, 0.2) is 22.7 Å². The summed E-state index contributed by atoms with van der Waals surface area (Å²) in [6.07, 6.45) is 6.60. The predicted molar refractivity (Wildman–Crippen MR) is 82.0 cm³/mol. The van der Waals surface area contributed by atoms with Crippen molar-refractivity contribution < 1.29 is 9.53 Å². The molecule has 1 heterocycles. The normalized spacial score (nSPS) is 36.8. The van der Waals surface area contributed by atoms with Gasteiger partial charge < -0.3 is 10.1 Å². The maximum absolute atomic E-state index is 12.5. The lowest BCUT2D eigenvalue weighted by Crippen LogP contribution is -2.50. The molecule has 1 amide bonds. The van der Waals surface area contributed by atoms with Crippen molar-refractivity contribution in [3.8, 4) is 5.75 Å². The first-order valence-electron chi connectivity index (χ1n) is 7.90. The molecule has 3 aliphatic carbocycles. The topological polar surface area (TPSA) is 38.3 Å². The zero-order valence-electron chi connectivity index (χ0n) is 11.8. The highest BCUT2D eigenvalue weighted by Gasteiger charge is 2.74. The Labute approximate surface area is 132 Å². The van der Waals surface area contributed by atoms with E-state index in [0.29, 0.717) is 5.92 Å². The number of carbonyl (C=O) groups is 1. The summed E-state index contributed by atoms with van der Waals surface area (Å²) in [4.78, 5) is 12.5. The summed E-state index contributed by atoms with van der Waals surface area (Å²) in [7, 11) is 0. The van der Waals surface area contributed by atoms with Crippen molar-refractivity contribution in [1.82, 2.24) is 5.32 Å². The molecule has 4 aliphatic rings. The van der Waals surface area contributed by atoms with Crippen molar-refractivity contribution in [3.05, 3.63) is 28.2 Å². The highest BCUT2D eigenvalue weighted by molar-refractivity contribution is 9.10. The van der Waals surface area contributed by atoms with Gasteiger partial charge in [-0.25, -0.2) is 0 Å². The Balaban J connectivity index is 1.47. The molecular formula is C17H18BrNO2. The van der Waals surface area contributed by atoms with Crippen LogP contribution in [0.5, 0.6) is 5.75 Å². The lowest BCUT2D eigenvalue weighted by atomic mass is 9.73. The second-order valence-electron chi connectivity index (χ2n) is 7.31. The molecule has 5 rings (SSSR count). The van der Waals surface area contributed by atoms with E-state index in [0.717, 1.165) is 47.9 Å². The van der Waals surface area contributed by atoms with Gasteiger partial charge in [-0.1, -0.05) is 15.9 Å². The number of rotatable bonds is 2. The second-order valence-corrected chi connectivity index (χ2v) is 8.23. The van der Waals surface area contributed by atoms with E-state index in [1.165, 1.54) is 6.42 Å². The average Bonchev–Trinajstić information content (AvgIpc) is 3.26. The van der Waals surface area contributed by atoms with E-state index in [9.17, 15) is 4.79 Å². The van der Waals surface area contributed by atoms with Gasteiger partial charge in [-0.05, 0) is 56.2 Å². The molecular weight excluding hydrogens is 330 g/mol. The molecule has 1 aliphatic heterocycles. The molecule has 0 bridgehead atoms. The summed E-state index contributed by atoms with van der Waals surface area (Å²) in [5, 5.41) is 3.33. The SMILES string of the molecule is O=C(NC1CC2(CCC2)Oc2ccc(Br)cc21)C12CC1C2. The van der Waals surface area contributed by atoms with Crippen LogP contribution in [0.3, 0.4) is 0 Å². The van der Waals surface area contributed by atoms with Gasteiger partial charge in [-0.15, -0.1) is 0 Å². The van der Waals surface area contributed by atoms with E-state index >= 15 is 0 Å². The Kier molecular flexibility index (Phi) is 2.28. The van der Waals surface area contributed by atoms with E-state index in [2.05, 4.69) is 27.3 Å². The smallest absolute Gasteiger partial charge is 0.227 e. The summed E-state index contributed by atoms with van der Waals surface area (Å²) in [5.41, 5.74) is 1.14. The third kappa shape index (κ3) is 1.74. The maximum atomic E-state index is 12.5. The molecule has 4 heteroatoms. The van der Waals surface area contributed by atoms with E-state index in [-0.39, 0.29) is 23.0 Å². The molecule has 110 valence electrons. The Hall–Kier alpha value is -1.03. The van der Waals surface area contributed by atoms with Crippen molar-refractivity contribution >= 4 is 21.8 Å². The van der Waals surface area contributed by atoms with E-state index < -0.39 is 0 Å². The van der Waals surface area contributed by atoms with Gasteiger partial charge >= 0.3 is 0 Å². The van der Waals surface area contributed by atoms with Crippen LogP contribution in [-0.2, 0) is 4.79 Å². The van der Waals surface area contributed by atoms with Crippen molar-refractivity contribution in [2.24, 2.45) is 11.3 Å². The molecule has 1 atom stereocenters. The molecule has 21 heavy (non-hydrogen) atoms. The Morgan fingerprint density at radius 2 is 2.05 bits per heavy atom. The van der Waals surface area contributed by atoms with Gasteiger partial charge in [0.05, 0.1) is 11.5 Å². The molecule has 0 radical (unpaired) electrons. The Morgan fingerprint density at radius 1 is 1.29 bits per heavy atom. The van der Waals surface area contributed by atoms with Crippen LogP contribution in [-0.4, -0.2) is 11.5 Å². The first-order valence-corrected chi connectivity index (χ1v) is 8.69. The van der Waals surface area contributed by atoms with Crippen molar-refractivity contribution in [2.75, 3.05) is 0 Å². The molecule has 0 aromatic heterocycles. The second kappa shape index (κ2) is 3.83. The lowest BCUT2D eigenvalue weighted by molar-refractivity contribution is -0.126. The summed E-state index contributed by atoms with van der Waals surface area (Å²) in [5.74, 6) is 1.92. The van der Waals surface area contributed by atoms with Gasteiger partial charge in [-0.2, -0.15) is 0 Å². The largest absolute Gasteiger partial charge is 0.487 e. The molecule has 1 spiro atoms. The number of hydrogen-bond donors (Lipinski definition) is 1. The predicted octanol–water partition coefficient (Wildman–Crippen LogP) is 3.72. The van der Waals surface area contributed by atoms with Gasteiger partial charge in [0.2, 0.25) is 5.91 Å². The number of benzene rings is 1. The number of nitrogens with one attached hydrogen (secondary N) is 1. The van der Waals surface area contributed by atoms with Crippen LogP contribution in [0.25, 0.3) is 0 Å². The summed E-state index contributed by atoms with van der Waals surface area (Å²) in [6.45, 7) is 0. The summed E-state index contributed by atoms with van der Waals surface area (Å²) in [6, 6.07) is 6.26. The van der Waals surface area contributed by atoms with Crippen LogP contribution in [0, 0.1) is 11.3 Å². The highest BCUT2D eigenvalue weighted by atomic mass is 79.9. The van der Waals surface area contributed by atoms with E-state index in [1.807, 2.05) is 12.1 Å². The lowest BCUT2D eigenvalue weighted by Gasteiger charge is -2.48. The van der Waals surface area contributed by atoms with Crippen LogP contribution >= 0.6 is 15.9 Å². The molecule has 0 saturated heterocycles. The minimum atomic E-state index is -0.0249. The molecule has 3 fully saturated rings. The minimum Gasteiger partial charge on any atom is -0.487 e. The molecule has 1 aromatic rings. The third-order valence-corrected chi connectivity index (χ3v) is 6.45. The summed E-state index contributed by atoms with van der Waals surface area (Å²) < 4.78 is 7.31. The van der Waals surface area contributed by atoms with Crippen LogP contribution in [0.4, 0.5) is 0 Å². The number of halogens is 1. The molecule has 1 unspecified atom stereocenters. The zero-order valence-corrected chi connectivity index (χ0v) is 13.4. The van der Waals surface area contributed by atoms with Gasteiger partial charge in [0.25, 0.3) is 0 Å². The van der Waals surface area contributed by atoms with E-state index in [4.69, 9.17) is 4.74 Å². The van der Waals surface area contributed by atoms with Crippen molar-refractivity contribution in [3.63, 3.8) is 0 Å². The highest BCUT2D eigenvalue weighted by Crippen LogP contribution is 2.75. The molecule has 1 N–H and O–H groups in total. The fourth-order valence-electron chi connectivity index (χ4n) is 4.02. The van der Waals surface area contributed by atoms with Gasteiger partial charge in [0.1, 0.15) is 11.4 Å². The van der Waals surface area contributed by atoms with Crippen molar-refractivity contribution in [2.45, 2.75) is 50.2 Å². The van der Waals surface area contributed by atoms with Crippen LogP contribution in [0.1, 0.15) is 50.1 Å². The number of fused-ring (bicyclic) bond motifs is 2. The minimum absolute atomic E-state index is 0.0249. The van der Waals surface area contributed by atoms with Crippen molar-refractivity contribution in [1.29, 1.82) is 0 Å². The maximum Gasteiger partial charge on any atom is 0.227 e. The first-order chi connectivity index (χ1) is 10.1. The quantitative estimate of drug-likeness (QED) is 0.885. The number of carbonyl (C=O) groups excluding carboxylic acids is 1. The Bertz CT molecular complexity index is 646. The van der Waals surface area contributed by atoms with E-state index in [1.54, 1.807) is 0 Å². The standard InChI is InChI=1S/C17H18BrNO2/c18-11-2-3-14-12(6-11)13(9-16(21-14)4-1-5-16)19-15(20)17-7-10(17)8-17/h2-3,6,10,13H,1,4-5,7-9H2,(H,19,20). The van der Waals surface area contributed by atoms with Gasteiger partial charge in [0, 0.05) is 16.5 Å². The fraction of sp³-hybridized carbons (Fsp3) is 0.588. The number of amides is 1. The third-order valence-electron chi connectivity index (χ3n) is 5.95. The first kappa shape index (κ1) is 12.5.